The van der Waals surface area contributed by atoms with Crippen LogP contribution in [-0.2, 0) is 6.42 Å². The van der Waals surface area contributed by atoms with Crippen LogP contribution in [0.25, 0.3) is 10.8 Å². The standard InChI is InChI=1S/C23H22F2N4O2/c24-23(25)6-10-28(11-7-23)22(31)17-12-16-2-1-9-29(20(16)27-14-17)18-3-4-19-15(13-18)5-8-26-21(19)30/h3-5,8,12-14H,1-2,6-7,9-11H2,(H,26,30). The van der Waals surface area contributed by atoms with Crippen LogP contribution in [0.2, 0.25) is 0 Å². The van der Waals surface area contributed by atoms with Crippen LogP contribution >= 0.6 is 0 Å². The molecule has 8 heteroatoms. The molecule has 31 heavy (non-hydrogen) atoms. The molecule has 0 bridgehead atoms. The number of nitrogens with one attached hydrogen (secondary N) is 1. The van der Waals surface area contributed by atoms with Gasteiger partial charge in [-0.05, 0) is 54.1 Å². The van der Waals surface area contributed by atoms with Crippen molar-refractivity contribution in [2.75, 3.05) is 24.5 Å². The highest BCUT2D eigenvalue weighted by molar-refractivity contribution is 5.95. The van der Waals surface area contributed by atoms with E-state index in [9.17, 15) is 18.4 Å². The summed E-state index contributed by atoms with van der Waals surface area (Å²) in [6.07, 6.45) is 4.27. The first-order valence-corrected chi connectivity index (χ1v) is 10.5. The highest BCUT2D eigenvalue weighted by Gasteiger charge is 2.36. The Kier molecular flexibility index (Phi) is 4.72. The molecule has 0 aliphatic carbocycles. The second kappa shape index (κ2) is 7.44. The van der Waals surface area contributed by atoms with Crippen molar-refractivity contribution in [2.24, 2.45) is 0 Å². The van der Waals surface area contributed by atoms with Gasteiger partial charge in [-0.3, -0.25) is 9.59 Å². The monoisotopic (exact) mass is 424 g/mol. The number of likely N-dealkylation sites (tertiary alicyclic amines) is 1. The largest absolute Gasteiger partial charge is 0.338 e. The van der Waals surface area contributed by atoms with E-state index in [1.54, 1.807) is 6.20 Å². The van der Waals surface area contributed by atoms with E-state index in [0.717, 1.165) is 41.8 Å². The van der Waals surface area contributed by atoms with E-state index in [1.165, 1.54) is 11.1 Å². The number of carbonyl (C=O) groups is 1. The average molecular weight is 424 g/mol. The second-order valence-electron chi connectivity index (χ2n) is 8.19. The lowest BCUT2D eigenvalue weighted by Gasteiger charge is -2.33. The summed E-state index contributed by atoms with van der Waals surface area (Å²) in [7, 11) is 0. The first-order valence-electron chi connectivity index (χ1n) is 10.5. The number of hydrogen-bond acceptors (Lipinski definition) is 4. The molecule has 0 unspecified atom stereocenters. The molecule has 1 fully saturated rings. The maximum Gasteiger partial charge on any atom is 0.255 e. The van der Waals surface area contributed by atoms with Gasteiger partial charge < -0.3 is 14.8 Å². The zero-order valence-electron chi connectivity index (χ0n) is 16.9. The normalized spacial score (nSPS) is 18.1. The summed E-state index contributed by atoms with van der Waals surface area (Å²) in [5, 5.41) is 1.48. The smallest absolute Gasteiger partial charge is 0.255 e. The van der Waals surface area contributed by atoms with Gasteiger partial charge >= 0.3 is 0 Å². The third kappa shape index (κ3) is 3.66. The van der Waals surface area contributed by atoms with Crippen LogP contribution < -0.4 is 10.5 Å². The fourth-order valence-electron chi connectivity index (χ4n) is 4.40. The zero-order chi connectivity index (χ0) is 21.6. The Hall–Kier alpha value is -3.29. The van der Waals surface area contributed by atoms with E-state index in [1.807, 2.05) is 30.3 Å². The number of fused-ring (bicyclic) bond motifs is 2. The molecule has 2 aliphatic heterocycles. The maximum absolute atomic E-state index is 13.4. The minimum absolute atomic E-state index is 0.0608. The van der Waals surface area contributed by atoms with Gasteiger partial charge in [0.2, 0.25) is 0 Å². The third-order valence-corrected chi connectivity index (χ3v) is 6.12. The minimum Gasteiger partial charge on any atom is -0.338 e. The molecule has 3 aromatic rings. The number of alkyl halides is 2. The maximum atomic E-state index is 13.4. The van der Waals surface area contributed by atoms with Crippen LogP contribution in [0, 0.1) is 0 Å². The number of aromatic amines is 1. The number of carbonyl (C=O) groups excluding carboxylic acids is 1. The summed E-state index contributed by atoms with van der Waals surface area (Å²) < 4.78 is 26.8. The van der Waals surface area contributed by atoms with Crippen molar-refractivity contribution in [1.82, 2.24) is 14.9 Å². The van der Waals surface area contributed by atoms with Crippen molar-refractivity contribution in [3.05, 3.63) is 64.2 Å². The molecule has 0 atom stereocenters. The Balaban J connectivity index is 1.43. The number of amides is 1. The molecule has 1 amide bonds. The molecule has 2 aromatic heterocycles. The van der Waals surface area contributed by atoms with Gasteiger partial charge in [0.1, 0.15) is 5.82 Å². The molecule has 0 saturated carbocycles. The Morgan fingerprint density at radius 2 is 1.90 bits per heavy atom. The first kappa shape index (κ1) is 19.7. The van der Waals surface area contributed by atoms with Crippen molar-refractivity contribution in [3.8, 4) is 0 Å². The topological polar surface area (TPSA) is 69.3 Å². The van der Waals surface area contributed by atoms with E-state index in [4.69, 9.17) is 0 Å². The molecular formula is C23H22F2N4O2. The predicted octanol–water partition coefficient (Wildman–Crippen LogP) is 3.88. The molecule has 6 nitrogen and oxygen atoms in total. The number of H-pyrrole nitrogens is 1. The molecular weight excluding hydrogens is 402 g/mol. The van der Waals surface area contributed by atoms with Gasteiger partial charge in [0.25, 0.3) is 17.4 Å². The van der Waals surface area contributed by atoms with Gasteiger partial charge in [0.05, 0.1) is 5.56 Å². The SMILES string of the molecule is O=C(c1cnc2c(c1)CCCN2c1ccc2c(=O)[nH]ccc2c1)N1CCC(F)(F)CC1. The van der Waals surface area contributed by atoms with Crippen LogP contribution in [-0.4, -0.2) is 46.3 Å². The first-order chi connectivity index (χ1) is 14.9. The van der Waals surface area contributed by atoms with Crippen LogP contribution in [0.3, 0.4) is 0 Å². The van der Waals surface area contributed by atoms with Crippen molar-refractivity contribution < 1.29 is 13.6 Å². The van der Waals surface area contributed by atoms with Crippen LogP contribution in [0.15, 0.2) is 47.5 Å². The Morgan fingerprint density at radius 1 is 1.10 bits per heavy atom. The molecule has 5 rings (SSSR count). The van der Waals surface area contributed by atoms with Crippen LogP contribution in [0.4, 0.5) is 20.3 Å². The number of anilines is 2. The second-order valence-corrected chi connectivity index (χ2v) is 8.19. The van der Waals surface area contributed by atoms with Gasteiger partial charge in [-0.15, -0.1) is 0 Å². The summed E-state index contributed by atoms with van der Waals surface area (Å²) in [4.78, 5) is 35.6. The van der Waals surface area contributed by atoms with Crippen LogP contribution in [0.5, 0.6) is 0 Å². The average Bonchev–Trinajstić information content (AvgIpc) is 2.78. The van der Waals surface area contributed by atoms with Gasteiger partial charge in [0.15, 0.2) is 0 Å². The van der Waals surface area contributed by atoms with Gasteiger partial charge in [-0.25, -0.2) is 13.8 Å². The lowest BCUT2D eigenvalue weighted by Crippen LogP contribution is -2.42. The molecule has 1 saturated heterocycles. The lowest BCUT2D eigenvalue weighted by molar-refractivity contribution is -0.0494. The Morgan fingerprint density at radius 3 is 2.71 bits per heavy atom. The highest BCUT2D eigenvalue weighted by Crippen LogP contribution is 2.34. The molecule has 160 valence electrons. The van der Waals surface area contributed by atoms with Crippen LogP contribution in [0.1, 0.15) is 35.2 Å². The number of aryl methyl sites for hydroxylation is 1. The summed E-state index contributed by atoms with van der Waals surface area (Å²) in [5.74, 6) is -2.14. The summed E-state index contributed by atoms with van der Waals surface area (Å²) in [6, 6.07) is 9.38. The fourth-order valence-corrected chi connectivity index (χ4v) is 4.40. The molecule has 2 aliphatic rings. The summed E-state index contributed by atoms with van der Waals surface area (Å²) >= 11 is 0. The fraction of sp³-hybridized carbons (Fsp3) is 0.348. The van der Waals surface area contributed by atoms with E-state index >= 15 is 0 Å². The number of rotatable bonds is 2. The molecule has 0 radical (unpaired) electrons. The molecule has 0 spiro atoms. The summed E-state index contributed by atoms with van der Waals surface area (Å²) in [5.41, 5.74) is 2.21. The summed E-state index contributed by atoms with van der Waals surface area (Å²) in [6.45, 7) is 0.903. The number of halogens is 2. The van der Waals surface area contributed by atoms with Crippen molar-refractivity contribution in [3.63, 3.8) is 0 Å². The van der Waals surface area contributed by atoms with Crippen molar-refractivity contribution in [2.45, 2.75) is 31.6 Å². The number of hydrogen-bond donors (Lipinski definition) is 1. The predicted molar refractivity (Wildman–Crippen MR) is 114 cm³/mol. The van der Waals surface area contributed by atoms with E-state index in [0.29, 0.717) is 10.9 Å². The molecule has 4 heterocycles. The Bertz CT molecular complexity index is 1210. The number of aromatic nitrogens is 2. The number of benzene rings is 1. The number of pyridine rings is 2. The molecule has 1 N–H and O–H groups in total. The van der Waals surface area contributed by atoms with E-state index in [2.05, 4.69) is 14.9 Å². The van der Waals surface area contributed by atoms with Gasteiger partial charge in [0, 0.05) is 55.9 Å². The Labute approximate surface area is 177 Å². The molecule has 1 aromatic carbocycles. The van der Waals surface area contributed by atoms with Crippen molar-refractivity contribution in [1.29, 1.82) is 0 Å². The minimum atomic E-state index is -2.68. The van der Waals surface area contributed by atoms with Crippen molar-refractivity contribution >= 4 is 28.2 Å². The lowest BCUT2D eigenvalue weighted by atomic mass is 10.0. The van der Waals surface area contributed by atoms with Gasteiger partial charge in [-0.1, -0.05) is 0 Å². The highest BCUT2D eigenvalue weighted by atomic mass is 19.3. The van der Waals surface area contributed by atoms with Gasteiger partial charge in [-0.2, -0.15) is 0 Å². The van der Waals surface area contributed by atoms with E-state index < -0.39 is 5.92 Å². The zero-order valence-corrected chi connectivity index (χ0v) is 16.9. The third-order valence-electron chi connectivity index (χ3n) is 6.12. The number of nitrogens with zero attached hydrogens (tertiary/aromatic N) is 3. The quantitative estimate of drug-likeness (QED) is 0.678. The number of piperidine rings is 1. The van der Waals surface area contributed by atoms with E-state index in [-0.39, 0.29) is 37.4 Å².